The number of hydrogen-bond donors (Lipinski definition) is 3. The molecule has 19 heavy (non-hydrogen) atoms. The van der Waals surface area contributed by atoms with Gasteiger partial charge in [0, 0.05) is 25.6 Å². The van der Waals surface area contributed by atoms with E-state index in [1.807, 2.05) is 11.4 Å². The van der Waals surface area contributed by atoms with Crippen LogP contribution in [0.5, 0.6) is 0 Å². The molecule has 2 heterocycles. The molecule has 5 nitrogen and oxygen atoms in total. The van der Waals surface area contributed by atoms with Crippen molar-refractivity contribution >= 4 is 23.2 Å². The Labute approximate surface area is 116 Å². The molecule has 3 N–H and O–H groups in total. The molecule has 104 valence electrons. The largest absolute Gasteiger partial charge is 0.352 e. The van der Waals surface area contributed by atoms with E-state index in [-0.39, 0.29) is 17.9 Å². The van der Waals surface area contributed by atoms with Crippen molar-refractivity contribution in [2.75, 3.05) is 19.6 Å². The molecule has 0 spiro atoms. The first-order valence-corrected chi connectivity index (χ1v) is 7.45. The number of rotatable bonds is 5. The van der Waals surface area contributed by atoms with Crippen LogP contribution in [0.25, 0.3) is 0 Å². The van der Waals surface area contributed by atoms with Crippen LogP contribution in [0.1, 0.15) is 28.9 Å². The van der Waals surface area contributed by atoms with Gasteiger partial charge in [-0.2, -0.15) is 0 Å². The molecular formula is C13H19N3O2S. The normalized spacial score (nSPS) is 18.8. The summed E-state index contributed by atoms with van der Waals surface area (Å²) in [5, 5.41) is 10.8. The van der Waals surface area contributed by atoms with Gasteiger partial charge in [0.05, 0.1) is 4.88 Å². The maximum Gasteiger partial charge on any atom is 0.261 e. The molecule has 2 amide bonds. The van der Waals surface area contributed by atoms with Gasteiger partial charge in [-0.05, 0) is 30.8 Å². The van der Waals surface area contributed by atoms with Crippen molar-refractivity contribution in [2.24, 2.45) is 0 Å². The van der Waals surface area contributed by atoms with Crippen molar-refractivity contribution in [3.05, 3.63) is 22.4 Å². The first-order valence-electron chi connectivity index (χ1n) is 6.57. The quantitative estimate of drug-likeness (QED) is 0.745. The molecule has 0 bridgehead atoms. The van der Waals surface area contributed by atoms with Gasteiger partial charge in [0.15, 0.2) is 0 Å². The average Bonchev–Trinajstić information content (AvgIpc) is 2.93. The Morgan fingerprint density at radius 1 is 1.47 bits per heavy atom. The summed E-state index contributed by atoms with van der Waals surface area (Å²) in [5.41, 5.74) is 0. The average molecular weight is 281 g/mol. The summed E-state index contributed by atoms with van der Waals surface area (Å²) >= 11 is 1.40. The first kappa shape index (κ1) is 14.0. The maximum atomic E-state index is 11.7. The van der Waals surface area contributed by atoms with Crippen molar-refractivity contribution in [1.29, 1.82) is 0 Å². The summed E-state index contributed by atoms with van der Waals surface area (Å²) in [6.07, 6.45) is 2.45. The van der Waals surface area contributed by atoms with Gasteiger partial charge >= 0.3 is 0 Å². The molecule has 1 saturated heterocycles. The van der Waals surface area contributed by atoms with Crippen LogP contribution >= 0.6 is 11.3 Å². The smallest absolute Gasteiger partial charge is 0.261 e. The lowest BCUT2D eigenvalue weighted by Crippen LogP contribution is -2.46. The minimum Gasteiger partial charge on any atom is -0.352 e. The van der Waals surface area contributed by atoms with Gasteiger partial charge in [0.2, 0.25) is 5.91 Å². The number of carbonyl (C=O) groups is 2. The molecule has 0 saturated carbocycles. The van der Waals surface area contributed by atoms with E-state index >= 15 is 0 Å². The van der Waals surface area contributed by atoms with Crippen molar-refractivity contribution in [2.45, 2.75) is 25.3 Å². The fourth-order valence-corrected chi connectivity index (χ4v) is 2.70. The second kappa shape index (κ2) is 7.25. The Morgan fingerprint density at radius 2 is 2.37 bits per heavy atom. The van der Waals surface area contributed by atoms with Crippen LogP contribution in [0.3, 0.4) is 0 Å². The highest BCUT2D eigenvalue weighted by molar-refractivity contribution is 7.12. The summed E-state index contributed by atoms with van der Waals surface area (Å²) in [7, 11) is 0. The van der Waals surface area contributed by atoms with Crippen LogP contribution in [0, 0.1) is 0 Å². The molecule has 1 aromatic heterocycles. The number of thiophene rings is 1. The van der Waals surface area contributed by atoms with E-state index in [0.29, 0.717) is 17.8 Å². The van der Waals surface area contributed by atoms with E-state index < -0.39 is 0 Å². The van der Waals surface area contributed by atoms with E-state index in [9.17, 15) is 9.59 Å². The number of nitrogens with one attached hydrogen (secondary N) is 3. The molecule has 0 aromatic carbocycles. The summed E-state index contributed by atoms with van der Waals surface area (Å²) in [6.45, 7) is 2.25. The monoisotopic (exact) mass is 281 g/mol. The topological polar surface area (TPSA) is 70.2 Å². The predicted octanol–water partition coefficient (Wildman–Crippen LogP) is 0.736. The molecule has 1 atom stereocenters. The molecular weight excluding hydrogens is 262 g/mol. The maximum absolute atomic E-state index is 11.7. The molecule has 2 rings (SSSR count). The number of carbonyl (C=O) groups excluding carboxylic acids is 2. The molecule has 1 aromatic rings. The third-order valence-electron chi connectivity index (χ3n) is 3.04. The fourth-order valence-electron chi connectivity index (χ4n) is 2.06. The number of hydrogen-bond acceptors (Lipinski definition) is 4. The van der Waals surface area contributed by atoms with Crippen LogP contribution in [0.2, 0.25) is 0 Å². The van der Waals surface area contributed by atoms with Crippen LogP contribution in [-0.4, -0.2) is 37.5 Å². The Bertz CT molecular complexity index is 414. The molecule has 1 aliphatic heterocycles. The highest BCUT2D eigenvalue weighted by atomic mass is 32.1. The van der Waals surface area contributed by atoms with E-state index in [0.717, 1.165) is 25.9 Å². The summed E-state index contributed by atoms with van der Waals surface area (Å²) in [6, 6.07) is 3.84. The summed E-state index contributed by atoms with van der Waals surface area (Å²) in [4.78, 5) is 24.0. The Kier molecular flexibility index (Phi) is 5.35. The lowest BCUT2D eigenvalue weighted by molar-refractivity contribution is -0.121. The minimum atomic E-state index is -0.109. The predicted molar refractivity (Wildman–Crippen MR) is 75.3 cm³/mol. The lowest BCUT2D eigenvalue weighted by atomic mass is 10.1. The van der Waals surface area contributed by atoms with E-state index in [4.69, 9.17) is 0 Å². The van der Waals surface area contributed by atoms with Crippen LogP contribution < -0.4 is 16.0 Å². The molecule has 0 unspecified atom stereocenters. The van der Waals surface area contributed by atoms with Gasteiger partial charge in [-0.25, -0.2) is 0 Å². The van der Waals surface area contributed by atoms with Crippen molar-refractivity contribution < 1.29 is 9.59 Å². The molecule has 0 radical (unpaired) electrons. The SMILES string of the molecule is O=C(CCNC(=O)c1cccs1)N[C@H]1CCCNC1. The van der Waals surface area contributed by atoms with Crippen LogP contribution in [0.15, 0.2) is 17.5 Å². The van der Waals surface area contributed by atoms with Gasteiger partial charge in [-0.1, -0.05) is 6.07 Å². The van der Waals surface area contributed by atoms with Gasteiger partial charge in [-0.15, -0.1) is 11.3 Å². The van der Waals surface area contributed by atoms with Crippen molar-refractivity contribution in [3.8, 4) is 0 Å². The summed E-state index contributed by atoms with van der Waals surface area (Å²) in [5.74, 6) is -0.109. The van der Waals surface area contributed by atoms with E-state index in [1.54, 1.807) is 6.07 Å². The fraction of sp³-hybridized carbons (Fsp3) is 0.538. The molecule has 1 fully saturated rings. The first-order chi connectivity index (χ1) is 9.25. The number of piperidine rings is 1. The van der Waals surface area contributed by atoms with Crippen molar-refractivity contribution in [1.82, 2.24) is 16.0 Å². The Balaban J connectivity index is 1.62. The van der Waals surface area contributed by atoms with Gasteiger partial charge in [0.1, 0.15) is 0 Å². The summed E-state index contributed by atoms with van der Waals surface area (Å²) < 4.78 is 0. The highest BCUT2D eigenvalue weighted by Crippen LogP contribution is 2.07. The third-order valence-corrected chi connectivity index (χ3v) is 3.91. The standard InChI is InChI=1S/C13H19N3O2S/c17-12(16-10-3-1-6-14-9-10)5-7-15-13(18)11-4-2-8-19-11/h2,4,8,10,14H,1,3,5-7,9H2,(H,15,18)(H,16,17)/t10-/m0/s1. The zero-order chi connectivity index (χ0) is 13.5. The van der Waals surface area contributed by atoms with Gasteiger partial charge in [0.25, 0.3) is 5.91 Å². The van der Waals surface area contributed by atoms with E-state index in [1.165, 1.54) is 11.3 Å². The second-order valence-corrected chi connectivity index (χ2v) is 5.54. The zero-order valence-electron chi connectivity index (χ0n) is 10.8. The van der Waals surface area contributed by atoms with Crippen LogP contribution in [0.4, 0.5) is 0 Å². The third kappa shape index (κ3) is 4.65. The molecule has 1 aliphatic rings. The van der Waals surface area contributed by atoms with E-state index in [2.05, 4.69) is 16.0 Å². The Hall–Kier alpha value is -1.40. The Morgan fingerprint density at radius 3 is 3.05 bits per heavy atom. The second-order valence-electron chi connectivity index (χ2n) is 4.59. The minimum absolute atomic E-state index is 0.000166. The van der Waals surface area contributed by atoms with Crippen molar-refractivity contribution in [3.63, 3.8) is 0 Å². The molecule has 0 aliphatic carbocycles. The zero-order valence-corrected chi connectivity index (χ0v) is 11.6. The number of amides is 2. The highest BCUT2D eigenvalue weighted by Gasteiger charge is 2.15. The lowest BCUT2D eigenvalue weighted by Gasteiger charge is -2.23. The van der Waals surface area contributed by atoms with Gasteiger partial charge < -0.3 is 16.0 Å². The molecule has 6 heteroatoms. The van der Waals surface area contributed by atoms with Crippen LogP contribution in [-0.2, 0) is 4.79 Å². The van der Waals surface area contributed by atoms with Gasteiger partial charge in [-0.3, -0.25) is 9.59 Å².